The van der Waals surface area contributed by atoms with Crippen molar-refractivity contribution in [1.29, 1.82) is 0 Å². The zero-order chi connectivity index (χ0) is 12.8. The number of carboxylic acid groups (broad SMARTS) is 1. The van der Waals surface area contributed by atoms with E-state index < -0.39 is 12.0 Å². The summed E-state index contributed by atoms with van der Waals surface area (Å²) in [5.74, 6) is 1.11. The van der Waals surface area contributed by atoms with Crippen LogP contribution in [-0.2, 0) is 4.79 Å². The van der Waals surface area contributed by atoms with E-state index >= 15 is 0 Å². The van der Waals surface area contributed by atoms with Gasteiger partial charge in [0, 0.05) is 25.6 Å². The van der Waals surface area contributed by atoms with Gasteiger partial charge < -0.3 is 21.1 Å². The lowest BCUT2D eigenvalue weighted by atomic mass is 10.1. The number of urea groups is 1. The lowest BCUT2D eigenvalue weighted by molar-refractivity contribution is -0.139. The van der Waals surface area contributed by atoms with Crippen LogP contribution in [0.15, 0.2) is 0 Å². The molecule has 6 heteroatoms. The molecule has 1 rings (SSSR count). The Morgan fingerprint density at radius 3 is 2.59 bits per heavy atom. The summed E-state index contributed by atoms with van der Waals surface area (Å²) in [7, 11) is 0. The fourth-order valence-corrected chi connectivity index (χ4v) is 1.66. The maximum Gasteiger partial charge on any atom is 0.327 e. The second-order valence-electron chi connectivity index (χ2n) is 4.07. The van der Waals surface area contributed by atoms with Gasteiger partial charge in [0.1, 0.15) is 6.04 Å². The predicted octanol–water partition coefficient (Wildman–Crippen LogP) is -0.404. The average Bonchev–Trinajstić information content (AvgIpc) is 2.29. The minimum Gasteiger partial charge on any atom is -0.480 e. The summed E-state index contributed by atoms with van der Waals surface area (Å²) in [4.78, 5) is 24.1. The van der Waals surface area contributed by atoms with Crippen molar-refractivity contribution in [3.63, 3.8) is 0 Å². The number of carbonyl (C=O) groups excluding carboxylic acids is 1. The number of nitrogens with one attached hydrogen (secondary N) is 1. The molecule has 0 aliphatic carbocycles. The summed E-state index contributed by atoms with van der Waals surface area (Å²) >= 11 is 0. The number of carboxylic acids is 1. The van der Waals surface area contributed by atoms with Crippen LogP contribution in [0.2, 0.25) is 0 Å². The van der Waals surface area contributed by atoms with Crippen molar-refractivity contribution in [1.82, 2.24) is 10.2 Å². The van der Waals surface area contributed by atoms with E-state index in [4.69, 9.17) is 17.3 Å². The molecule has 94 valence electrons. The second kappa shape index (κ2) is 6.11. The van der Waals surface area contributed by atoms with Gasteiger partial charge in [0.25, 0.3) is 0 Å². The Morgan fingerprint density at radius 2 is 2.12 bits per heavy atom. The van der Waals surface area contributed by atoms with E-state index in [0.717, 1.165) is 12.8 Å². The van der Waals surface area contributed by atoms with Gasteiger partial charge in [0.2, 0.25) is 0 Å². The molecule has 0 saturated carbocycles. The van der Waals surface area contributed by atoms with Crippen molar-refractivity contribution in [2.45, 2.75) is 31.3 Å². The Hall–Kier alpha value is -1.74. The lowest BCUT2D eigenvalue weighted by Gasteiger charge is -2.30. The smallest absolute Gasteiger partial charge is 0.327 e. The standard InChI is InChI=1S/C11H17N3O3/c1-2-3-9(10(15)16)13-11(17)14-6-4-8(12)5-7-14/h1,8-9H,3-7,12H2,(H,13,17)(H,15,16). The highest BCUT2D eigenvalue weighted by Gasteiger charge is 2.24. The Kier molecular flexibility index (Phi) is 4.79. The molecule has 2 amide bonds. The highest BCUT2D eigenvalue weighted by molar-refractivity contribution is 5.82. The summed E-state index contributed by atoms with van der Waals surface area (Å²) in [6, 6.07) is -1.29. The summed E-state index contributed by atoms with van der Waals surface area (Å²) in [6.07, 6.45) is 6.50. The molecule has 1 heterocycles. The number of hydrogen-bond donors (Lipinski definition) is 3. The summed E-state index contributed by atoms with van der Waals surface area (Å²) in [5.41, 5.74) is 5.72. The average molecular weight is 239 g/mol. The van der Waals surface area contributed by atoms with Gasteiger partial charge in [0.05, 0.1) is 0 Å². The van der Waals surface area contributed by atoms with Gasteiger partial charge >= 0.3 is 12.0 Å². The molecular weight excluding hydrogens is 222 g/mol. The molecule has 0 aromatic carbocycles. The number of terminal acetylenes is 1. The molecule has 1 saturated heterocycles. The Labute approximate surface area is 100 Å². The minimum atomic E-state index is -1.12. The first-order valence-corrected chi connectivity index (χ1v) is 5.52. The molecule has 0 bridgehead atoms. The van der Waals surface area contributed by atoms with Crippen molar-refractivity contribution in [3.8, 4) is 12.3 Å². The van der Waals surface area contributed by atoms with Crippen LogP contribution in [0.4, 0.5) is 4.79 Å². The van der Waals surface area contributed by atoms with Crippen LogP contribution < -0.4 is 11.1 Å². The van der Waals surface area contributed by atoms with Gasteiger partial charge in [0.15, 0.2) is 0 Å². The van der Waals surface area contributed by atoms with E-state index in [1.165, 1.54) is 0 Å². The molecule has 4 N–H and O–H groups in total. The van der Waals surface area contributed by atoms with Crippen molar-refractivity contribution >= 4 is 12.0 Å². The number of aliphatic carboxylic acids is 1. The van der Waals surface area contributed by atoms with Crippen molar-refractivity contribution in [2.75, 3.05) is 13.1 Å². The van der Waals surface area contributed by atoms with Crippen molar-refractivity contribution in [2.24, 2.45) is 5.73 Å². The van der Waals surface area contributed by atoms with E-state index in [2.05, 4.69) is 11.2 Å². The summed E-state index contributed by atoms with van der Waals surface area (Å²) in [5, 5.41) is 11.3. The van der Waals surface area contributed by atoms with Crippen LogP contribution in [0.3, 0.4) is 0 Å². The molecule has 1 aliphatic rings. The maximum atomic E-state index is 11.7. The SMILES string of the molecule is C#CCC(NC(=O)N1CCC(N)CC1)C(=O)O. The maximum absolute atomic E-state index is 11.7. The topological polar surface area (TPSA) is 95.7 Å². The number of nitrogens with two attached hydrogens (primary N) is 1. The zero-order valence-corrected chi connectivity index (χ0v) is 9.56. The molecule has 6 nitrogen and oxygen atoms in total. The van der Waals surface area contributed by atoms with Crippen LogP contribution in [0.25, 0.3) is 0 Å². The molecule has 0 aromatic heterocycles. The molecule has 17 heavy (non-hydrogen) atoms. The Morgan fingerprint density at radius 1 is 1.53 bits per heavy atom. The fourth-order valence-electron chi connectivity index (χ4n) is 1.66. The van der Waals surface area contributed by atoms with Gasteiger partial charge in [-0.1, -0.05) is 0 Å². The van der Waals surface area contributed by atoms with Crippen LogP contribution in [0, 0.1) is 12.3 Å². The third kappa shape index (κ3) is 3.96. The molecule has 0 aromatic rings. The van der Waals surface area contributed by atoms with E-state index in [1.807, 2.05) is 0 Å². The van der Waals surface area contributed by atoms with Crippen LogP contribution in [-0.4, -0.2) is 47.2 Å². The third-order valence-electron chi connectivity index (χ3n) is 2.74. The van der Waals surface area contributed by atoms with E-state index in [1.54, 1.807) is 4.90 Å². The first kappa shape index (κ1) is 13.3. The molecular formula is C11H17N3O3. The number of hydrogen-bond acceptors (Lipinski definition) is 3. The van der Waals surface area contributed by atoms with E-state index in [-0.39, 0.29) is 18.5 Å². The molecule has 1 unspecified atom stereocenters. The van der Waals surface area contributed by atoms with Crippen molar-refractivity contribution < 1.29 is 14.7 Å². The molecule has 1 atom stereocenters. The quantitative estimate of drug-likeness (QED) is 0.584. The number of rotatable bonds is 3. The summed E-state index contributed by atoms with van der Waals surface area (Å²) < 4.78 is 0. The first-order valence-electron chi connectivity index (χ1n) is 5.52. The predicted molar refractivity (Wildman–Crippen MR) is 62.2 cm³/mol. The Bertz CT molecular complexity index is 329. The highest BCUT2D eigenvalue weighted by Crippen LogP contribution is 2.08. The zero-order valence-electron chi connectivity index (χ0n) is 9.56. The molecule has 1 aliphatic heterocycles. The fraction of sp³-hybridized carbons (Fsp3) is 0.636. The van der Waals surface area contributed by atoms with Crippen LogP contribution in [0.5, 0.6) is 0 Å². The molecule has 0 spiro atoms. The minimum absolute atomic E-state index is 0.0194. The van der Waals surface area contributed by atoms with E-state index in [0.29, 0.717) is 13.1 Å². The largest absolute Gasteiger partial charge is 0.480 e. The first-order chi connectivity index (χ1) is 8.04. The number of nitrogens with zero attached hydrogens (tertiary/aromatic N) is 1. The number of carbonyl (C=O) groups is 2. The molecule has 1 fully saturated rings. The van der Waals surface area contributed by atoms with Gasteiger partial charge in [-0.3, -0.25) is 0 Å². The number of likely N-dealkylation sites (tertiary alicyclic amines) is 1. The molecule has 0 radical (unpaired) electrons. The monoisotopic (exact) mass is 239 g/mol. The van der Waals surface area contributed by atoms with Crippen LogP contribution in [0.1, 0.15) is 19.3 Å². The number of amides is 2. The van der Waals surface area contributed by atoms with E-state index in [9.17, 15) is 9.59 Å². The number of piperidine rings is 1. The van der Waals surface area contributed by atoms with Gasteiger partial charge in [-0.15, -0.1) is 12.3 Å². The third-order valence-corrected chi connectivity index (χ3v) is 2.74. The summed E-state index contributed by atoms with van der Waals surface area (Å²) in [6.45, 7) is 1.10. The Balaban J connectivity index is 2.47. The second-order valence-corrected chi connectivity index (χ2v) is 4.07. The van der Waals surface area contributed by atoms with Crippen LogP contribution >= 0.6 is 0 Å². The van der Waals surface area contributed by atoms with Gasteiger partial charge in [-0.05, 0) is 12.8 Å². The van der Waals surface area contributed by atoms with Gasteiger partial charge in [-0.25, -0.2) is 9.59 Å². The van der Waals surface area contributed by atoms with Crippen molar-refractivity contribution in [3.05, 3.63) is 0 Å². The highest BCUT2D eigenvalue weighted by atomic mass is 16.4. The lowest BCUT2D eigenvalue weighted by Crippen LogP contribution is -2.51. The normalized spacial score (nSPS) is 18.2. The van der Waals surface area contributed by atoms with Gasteiger partial charge in [-0.2, -0.15) is 0 Å².